The van der Waals surface area contributed by atoms with Gasteiger partial charge in [-0.15, -0.1) is 0 Å². The van der Waals surface area contributed by atoms with Gasteiger partial charge in [0.25, 0.3) is 0 Å². The van der Waals surface area contributed by atoms with Crippen LogP contribution in [0.15, 0.2) is 36.4 Å². The third kappa shape index (κ3) is 5.59. The van der Waals surface area contributed by atoms with Crippen LogP contribution in [0.25, 0.3) is 0 Å². The lowest BCUT2D eigenvalue weighted by molar-refractivity contribution is 0.238. The van der Waals surface area contributed by atoms with Crippen LogP contribution in [-0.2, 0) is 13.2 Å². The first-order chi connectivity index (χ1) is 12.6. The summed E-state index contributed by atoms with van der Waals surface area (Å²) in [5, 5.41) is 12.9. The minimum atomic E-state index is -0.397. The summed E-state index contributed by atoms with van der Waals surface area (Å²) >= 11 is 6.04. The van der Waals surface area contributed by atoms with Crippen molar-refractivity contribution in [2.75, 3.05) is 13.2 Å². The minimum absolute atomic E-state index is 0.0194. The zero-order valence-corrected chi connectivity index (χ0v) is 15.9. The molecule has 0 bridgehead atoms. The predicted molar refractivity (Wildman–Crippen MR) is 101 cm³/mol. The molecule has 2 N–H and O–H groups in total. The molecule has 0 heterocycles. The molecule has 26 heavy (non-hydrogen) atoms. The SMILES string of the molecule is CCOc1cc(CN[C@H](CC)CO)ccc1OCc1c(F)cccc1Cl. The highest BCUT2D eigenvalue weighted by molar-refractivity contribution is 6.31. The van der Waals surface area contributed by atoms with Gasteiger partial charge in [0.05, 0.1) is 18.2 Å². The van der Waals surface area contributed by atoms with E-state index in [2.05, 4.69) is 5.32 Å². The van der Waals surface area contributed by atoms with E-state index in [0.29, 0.717) is 35.2 Å². The number of rotatable bonds is 10. The number of nitrogens with one attached hydrogen (secondary N) is 1. The Labute approximate surface area is 158 Å². The summed E-state index contributed by atoms with van der Waals surface area (Å²) < 4.78 is 25.3. The number of aliphatic hydroxyl groups is 1. The first-order valence-electron chi connectivity index (χ1n) is 8.74. The van der Waals surface area contributed by atoms with Gasteiger partial charge in [0.2, 0.25) is 0 Å². The highest BCUT2D eigenvalue weighted by atomic mass is 35.5. The normalized spacial score (nSPS) is 12.0. The molecular weight excluding hydrogens is 357 g/mol. The molecule has 142 valence electrons. The molecule has 4 nitrogen and oxygen atoms in total. The van der Waals surface area contributed by atoms with E-state index in [0.717, 1.165) is 12.0 Å². The Morgan fingerprint density at radius 3 is 2.62 bits per heavy atom. The van der Waals surface area contributed by atoms with Crippen LogP contribution in [0, 0.1) is 5.82 Å². The van der Waals surface area contributed by atoms with Gasteiger partial charge < -0.3 is 19.9 Å². The number of hydrogen-bond donors (Lipinski definition) is 2. The van der Waals surface area contributed by atoms with Crippen molar-refractivity contribution < 1.29 is 19.0 Å². The van der Waals surface area contributed by atoms with Gasteiger partial charge in [-0.3, -0.25) is 0 Å². The number of benzene rings is 2. The van der Waals surface area contributed by atoms with Gasteiger partial charge in [0, 0.05) is 18.2 Å². The lowest BCUT2D eigenvalue weighted by Gasteiger charge is -2.16. The molecule has 0 aliphatic rings. The van der Waals surface area contributed by atoms with E-state index < -0.39 is 5.82 Å². The van der Waals surface area contributed by atoms with Crippen molar-refractivity contribution in [1.82, 2.24) is 5.32 Å². The highest BCUT2D eigenvalue weighted by Crippen LogP contribution is 2.30. The maximum Gasteiger partial charge on any atom is 0.161 e. The fourth-order valence-corrected chi connectivity index (χ4v) is 2.69. The molecule has 0 saturated heterocycles. The molecule has 0 spiro atoms. The van der Waals surface area contributed by atoms with E-state index in [4.69, 9.17) is 21.1 Å². The topological polar surface area (TPSA) is 50.7 Å². The molecular formula is C20H25ClFNO3. The molecule has 0 saturated carbocycles. The monoisotopic (exact) mass is 381 g/mol. The lowest BCUT2D eigenvalue weighted by Crippen LogP contribution is -2.31. The standard InChI is InChI=1S/C20H25ClFNO3/c1-3-15(12-24)23-11-14-8-9-19(20(10-14)25-4-2)26-13-16-17(21)6-5-7-18(16)22/h5-10,15,23-24H,3-4,11-13H2,1-2H3/t15-/m1/s1. The Hall–Kier alpha value is -1.82. The van der Waals surface area contributed by atoms with Crippen LogP contribution in [0.2, 0.25) is 5.02 Å². The molecule has 1 atom stereocenters. The second-order valence-electron chi connectivity index (χ2n) is 5.87. The summed E-state index contributed by atoms with van der Waals surface area (Å²) in [5.41, 5.74) is 1.33. The molecule has 0 radical (unpaired) electrons. The van der Waals surface area contributed by atoms with Gasteiger partial charge >= 0.3 is 0 Å². The van der Waals surface area contributed by atoms with Gasteiger partial charge in [0.1, 0.15) is 12.4 Å². The Kier molecular flexibility index (Phi) is 8.16. The van der Waals surface area contributed by atoms with Crippen molar-refractivity contribution in [2.24, 2.45) is 0 Å². The summed E-state index contributed by atoms with van der Waals surface area (Å²) in [6.45, 7) is 5.12. The Morgan fingerprint density at radius 2 is 1.96 bits per heavy atom. The number of aliphatic hydroxyl groups excluding tert-OH is 1. The molecule has 0 aromatic heterocycles. The maximum absolute atomic E-state index is 13.9. The summed E-state index contributed by atoms with van der Waals surface area (Å²) in [5.74, 6) is 0.728. The van der Waals surface area contributed by atoms with Crippen molar-refractivity contribution in [3.05, 3.63) is 58.4 Å². The summed E-state index contributed by atoms with van der Waals surface area (Å²) in [6.07, 6.45) is 0.847. The molecule has 2 rings (SSSR count). The molecule has 0 aliphatic carbocycles. The highest BCUT2D eigenvalue weighted by Gasteiger charge is 2.12. The van der Waals surface area contributed by atoms with Crippen molar-refractivity contribution in [1.29, 1.82) is 0 Å². The predicted octanol–water partition coefficient (Wildman–Crippen LogP) is 4.32. The van der Waals surface area contributed by atoms with Gasteiger partial charge in [-0.1, -0.05) is 30.7 Å². The first-order valence-corrected chi connectivity index (χ1v) is 9.12. The van der Waals surface area contributed by atoms with Gasteiger partial charge in [-0.2, -0.15) is 0 Å². The second-order valence-corrected chi connectivity index (χ2v) is 6.28. The number of ether oxygens (including phenoxy) is 2. The van der Waals surface area contributed by atoms with Crippen molar-refractivity contribution in [2.45, 2.75) is 39.5 Å². The molecule has 6 heteroatoms. The van der Waals surface area contributed by atoms with E-state index in [9.17, 15) is 9.50 Å². The fourth-order valence-electron chi connectivity index (χ4n) is 2.47. The Bertz CT molecular complexity index is 687. The van der Waals surface area contributed by atoms with Crippen molar-refractivity contribution in [3.63, 3.8) is 0 Å². The zero-order chi connectivity index (χ0) is 18.9. The average Bonchev–Trinajstić information content (AvgIpc) is 2.64. The second kappa shape index (κ2) is 10.4. The molecule has 0 aliphatic heterocycles. The van der Waals surface area contributed by atoms with E-state index >= 15 is 0 Å². The molecule has 2 aromatic carbocycles. The van der Waals surface area contributed by atoms with Crippen LogP contribution in [0.1, 0.15) is 31.4 Å². The Morgan fingerprint density at radius 1 is 1.15 bits per heavy atom. The summed E-state index contributed by atoms with van der Waals surface area (Å²) in [7, 11) is 0. The molecule has 2 aromatic rings. The summed E-state index contributed by atoms with van der Waals surface area (Å²) in [4.78, 5) is 0. The van der Waals surface area contributed by atoms with Gasteiger partial charge in [-0.25, -0.2) is 4.39 Å². The van der Waals surface area contributed by atoms with Crippen LogP contribution in [0.5, 0.6) is 11.5 Å². The quantitative estimate of drug-likeness (QED) is 0.643. The van der Waals surface area contributed by atoms with E-state index in [1.165, 1.54) is 6.07 Å². The van der Waals surface area contributed by atoms with E-state index in [1.54, 1.807) is 18.2 Å². The minimum Gasteiger partial charge on any atom is -0.490 e. The van der Waals surface area contributed by atoms with Crippen LogP contribution >= 0.6 is 11.6 Å². The van der Waals surface area contributed by atoms with Crippen LogP contribution in [0.4, 0.5) is 4.39 Å². The Balaban J connectivity index is 2.10. The fraction of sp³-hybridized carbons (Fsp3) is 0.400. The third-order valence-corrected chi connectivity index (χ3v) is 4.40. The number of hydrogen-bond acceptors (Lipinski definition) is 4. The molecule has 0 fully saturated rings. The van der Waals surface area contributed by atoms with Crippen molar-refractivity contribution in [3.8, 4) is 11.5 Å². The van der Waals surface area contributed by atoms with Gasteiger partial charge in [0.15, 0.2) is 11.5 Å². The van der Waals surface area contributed by atoms with Gasteiger partial charge in [-0.05, 0) is 43.2 Å². The maximum atomic E-state index is 13.9. The average molecular weight is 382 g/mol. The third-order valence-electron chi connectivity index (χ3n) is 4.05. The summed E-state index contributed by atoms with van der Waals surface area (Å²) in [6, 6.07) is 10.2. The first kappa shape index (κ1) is 20.5. The van der Waals surface area contributed by atoms with E-state index in [1.807, 2.05) is 26.0 Å². The smallest absolute Gasteiger partial charge is 0.161 e. The number of halogens is 2. The van der Waals surface area contributed by atoms with E-state index in [-0.39, 0.29) is 19.3 Å². The van der Waals surface area contributed by atoms with Crippen LogP contribution < -0.4 is 14.8 Å². The molecule has 0 amide bonds. The molecule has 0 unspecified atom stereocenters. The van der Waals surface area contributed by atoms with Crippen LogP contribution in [-0.4, -0.2) is 24.4 Å². The van der Waals surface area contributed by atoms with Crippen LogP contribution in [0.3, 0.4) is 0 Å². The zero-order valence-electron chi connectivity index (χ0n) is 15.1. The van der Waals surface area contributed by atoms with Crippen molar-refractivity contribution >= 4 is 11.6 Å². The largest absolute Gasteiger partial charge is 0.490 e. The lowest BCUT2D eigenvalue weighted by atomic mass is 10.1.